The van der Waals surface area contributed by atoms with Gasteiger partial charge in [-0.1, -0.05) is 0 Å². The Kier molecular flexibility index (Phi) is 10.3. The van der Waals surface area contributed by atoms with Crippen molar-refractivity contribution >= 4 is 27.1 Å². The third kappa shape index (κ3) is 8.97. The molecule has 0 aromatic carbocycles. The molecule has 0 saturated heterocycles. The van der Waals surface area contributed by atoms with E-state index in [0.29, 0.717) is 0 Å². The zero-order chi connectivity index (χ0) is 14.1. The van der Waals surface area contributed by atoms with Crippen LogP contribution in [0.15, 0.2) is 0 Å². The second-order valence-corrected chi connectivity index (χ2v) is 23.9. The molecule has 0 aromatic heterocycles. The van der Waals surface area contributed by atoms with Crippen LogP contribution in [0.4, 0.5) is 0 Å². The van der Waals surface area contributed by atoms with Gasteiger partial charge >= 0.3 is 122 Å². The van der Waals surface area contributed by atoms with Crippen molar-refractivity contribution in [1.82, 2.24) is 0 Å². The molecule has 0 aliphatic carbocycles. The molecule has 0 fully saturated rings. The minimum atomic E-state index is -2.27. The van der Waals surface area contributed by atoms with Crippen LogP contribution < -0.4 is 0 Å². The minimum absolute atomic E-state index is 1.34. The molecule has 0 rings (SSSR count). The zero-order valence-electron chi connectivity index (χ0n) is 13.8. The SMILES string of the molecule is CCC[CH2][Sn]([CH2]CCC)([CH2]CCC)[O][Si](C)(C)C. The Labute approximate surface area is 122 Å². The quantitative estimate of drug-likeness (QED) is 0.389. The van der Waals surface area contributed by atoms with Gasteiger partial charge in [-0.2, -0.15) is 0 Å². The molecular formula is C15H36OSiSn. The van der Waals surface area contributed by atoms with E-state index in [1.54, 1.807) is 0 Å². The fourth-order valence-corrected chi connectivity index (χ4v) is 28.7. The molecule has 0 saturated carbocycles. The Hall–Kier alpha value is 0.976. The molecule has 18 heavy (non-hydrogen) atoms. The Bertz CT molecular complexity index is 179. The number of unbranched alkanes of at least 4 members (excludes halogenated alkanes) is 3. The van der Waals surface area contributed by atoms with Gasteiger partial charge in [0.05, 0.1) is 0 Å². The van der Waals surface area contributed by atoms with Gasteiger partial charge in [0.15, 0.2) is 0 Å². The van der Waals surface area contributed by atoms with Crippen molar-refractivity contribution in [2.75, 3.05) is 0 Å². The van der Waals surface area contributed by atoms with Crippen LogP contribution in [-0.2, 0) is 2.76 Å². The van der Waals surface area contributed by atoms with Gasteiger partial charge in [-0.3, -0.25) is 0 Å². The van der Waals surface area contributed by atoms with Gasteiger partial charge in [-0.15, -0.1) is 0 Å². The topological polar surface area (TPSA) is 9.23 Å². The van der Waals surface area contributed by atoms with Crippen LogP contribution >= 0.6 is 0 Å². The standard InChI is InChI=1S/3C4H9.C3H9OSi.Sn/c3*1-3-4-2;1-5(2,3)4;/h3*1,3-4H2,2H3;1-3H3;/q;;;-1;+1. The zero-order valence-corrected chi connectivity index (χ0v) is 17.6. The summed E-state index contributed by atoms with van der Waals surface area (Å²) in [4.78, 5) is 0. The van der Waals surface area contributed by atoms with Crippen LogP contribution in [0.25, 0.3) is 0 Å². The van der Waals surface area contributed by atoms with Gasteiger partial charge in [0.1, 0.15) is 0 Å². The Morgan fingerprint density at radius 1 is 0.722 bits per heavy atom. The fraction of sp³-hybridized carbons (Fsp3) is 1.00. The van der Waals surface area contributed by atoms with E-state index < -0.39 is 27.1 Å². The summed E-state index contributed by atoms with van der Waals surface area (Å²) in [6, 6.07) is 0. The van der Waals surface area contributed by atoms with E-state index in [-0.39, 0.29) is 0 Å². The Balaban J connectivity index is 4.73. The van der Waals surface area contributed by atoms with Gasteiger partial charge in [-0.25, -0.2) is 0 Å². The summed E-state index contributed by atoms with van der Waals surface area (Å²) < 4.78 is 11.3. The monoisotopic (exact) mass is 380 g/mol. The summed E-state index contributed by atoms with van der Waals surface area (Å²) in [5, 5.41) is 0. The van der Waals surface area contributed by atoms with Crippen LogP contribution in [0.1, 0.15) is 59.3 Å². The molecular weight excluding hydrogens is 343 g/mol. The van der Waals surface area contributed by atoms with Crippen LogP contribution in [0.2, 0.25) is 33.0 Å². The molecule has 0 aromatic rings. The normalized spacial score (nSPS) is 13.0. The molecule has 0 amide bonds. The van der Waals surface area contributed by atoms with Gasteiger partial charge < -0.3 is 0 Å². The second kappa shape index (κ2) is 9.81. The predicted octanol–water partition coefficient (Wildman–Crippen LogP) is 6.18. The van der Waals surface area contributed by atoms with Gasteiger partial charge in [0, 0.05) is 0 Å². The van der Waals surface area contributed by atoms with E-state index in [0.717, 1.165) is 0 Å². The Morgan fingerprint density at radius 2 is 1.06 bits per heavy atom. The average molecular weight is 379 g/mol. The van der Waals surface area contributed by atoms with E-state index >= 15 is 0 Å². The first-order valence-corrected chi connectivity index (χ1v) is 18.7. The summed E-state index contributed by atoms with van der Waals surface area (Å²) in [6.07, 6.45) is 8.25. The molecule has 0 aliphatic rings. The number of hydrogen-bond acceptors (Lipinski definition) is 1. The van der Waals surface area contributed by atoms with E-state index in [9.17, 15) is 0 Å². The molecule has 0 aliphatic heterocycles. The van der Waals surface area contributed by atoms with Gasteiger partial charge in [0.25, 0.3) is 0 Å². The number of rotatable bonds is 11. The molecule has 0 unspecified atom stereocenters. The molecule has 0 N–H and O–H groups in total. The molecule has 0 spiro atoms. The molecule has 0 heterocycles. The molecule has 110 valence electrons. The van der Waals surface area contributed by atoms with Crippen molar-refractivity contribution in [1.29, 1.82) is 0 Å². The van der Waals surface area contributed by atoms with Crippen molar-refractivity contribution in [3.63, 3.8) is 0 Å². The van der Waals surface area contributed by atoms with Crippen LogP contribution in [-0.4, -0.2) is 27.1 Å². The van der Waals surface area contributed by atoms with Crippen LogP contribution in [0, 0.1) is 0 Å². The first kappa shape index (κ1) is 19.0. The maximum atomic E-state index is 6.88. The first-order valence-electron chi connectivity index (χ1n) is 8.09. The predicted molar refractivity (Wildman–Crippen MR) is 89.3 cm³/mol. The fourth-order valence-electron chi connectivity index (χ4n) is 2.67. The van der Waals surface area contributed by atoms with E-state index in [2.05, 4.69) is 40.4 Å². The van der Waals surface area contributed by atoms with Gasteiger partial charge in [-0.05, 0) is 0 Å². The van der Waals surface area contributed by atoms with Crippen molar-refractivity contribution in [2.45, 2.75) is 92.2 Å². The Morgan fingerprint density at radius 3 is 1.28 bits per heavy atom. The summed E-state index contributed by atoms with van der Waals surface area (Å²) in [6.45, 7) is 14.1. The van der Waals surface area contributed by atoms with Crippen LogP contribution in [0.5, 0.6) is 0 Å². The van der Waals surface area contributed by atoms with E-state index in [1.807, 2.05) is 0 Å². The molecule has 0 atom stereocenters. The summed E-state index contributed by atoms with van der Waals surface area (Å²) in [5.41, 5.74) is 0. The maximum absolute atomic E-state index is 6.88. The third-order valence-corrected chi connectivity index (χ3v) is 24.3. The first-order chi connectivity index (χ1) is 8.39. The molecule has 3 heteroatoms. The number of hydrogen-bond donors (Lipinski definition) is 0. The van der Waals surface area contributed by atoms with E-state index in [4.69, 9.17) is 2.76 Å². The van der Waals surface area contributed by atoms with Crippen molar-refractivity contribution < 1.29 is 2.76 Å². The summed E-state index contributed by atoms with van der Waals surface area (Å²) in [7, 11) is -1.35. The van der Waals surface area contributed by atoms with E-state index in [1.165, 1.54) is 51.8 Å². The van der Waals surface area contributed by atoms with Gasteiger partial charge in [0.2, 0.25) is 0 Å². The third-order valence-electron chi connectivity index (χ3n) is 3.48. The van der Waals surface area contributed by atoms with Crippen molar-refractivity contribution in [3.05, 3.63) is 0 Å². The van der Waals surface area contributed by atoms with Crippen molar-refractivity contribution in [2.24, 2.45) is 0 Å². The average Bonchev–Trinajstić information content (AvgIpc) is 2.29. The molecule has 1 nitrogen and oxygen atoms in total. The van der Waals surface area contributed by atoms with Crippen LogP contribution in [0.3, 0.4) is 0 Å². The van der Waals surface area contributed by atoms with Crippen molar-refractivity contribution in [3.8, 4) is 0 Å². The molecule has 0 bridgehead atoms. The summed E-state index contributed by atoms with van der Waals surface area (Å²) in [5.74, 6) is 0. The molecule has 0 radical (unpaired) electrons. The second-order valence-electron chi connectivity index (χ2n) is 6.71. The summed E-state index contributed by atoms with van der Waals surface area (Å²) >= 11 is -2.27.